The zero-order chi connectivity index (χ0) is 23.0. The number of imidazole rings is 1. The molecule has 2 aromatic heterocycles. The molecule has 33 heavy (non-hydrogen) atoms. The maximum Gasteiger partial charge on any atom is 0.244 e. The number of para-hydroxylation sites is 2. The maximum absolute atomic E-state index is 12.9. The van der Waals surface area contributed by atoms with Crippen molar-refractivity contribution in [2.75, 3.05) is 42.8 Å². The van der Waals surface area contributed by atoms with E-state index >= 15 is 0 Å². The van der Waals surface area contributed by atoms with E-state index in [1.54, 1.807) is 22.0 Å². The maximum atomic E-state index is 12.9. The second kappa shape index (κ2) is 8.73. The lowest BCUT2D eigenvalue weighted by Crippen LogP contribution is -2.36. The largest absolute Gasteiger partial charge is 0.378 e. The highest BCUT2D eigenvalue weighted by Gasteiger charge is 2.18. The van der Waals surface area contributed by atoms with Gasteiger partial charge < -0.3 is 19.5 Å². The number of hydrogen-bond acceptors (Lipinski definition) is 8. The molecular weight excluding hydrogens is 462 g/mol. The molecule has 1 aliphatic heterocycles. The molecule has 4 aromatic rings. The van der Waals surface area contributed by atoms with E-state index in [1.807, 2.05) is 36.4 Å². The molecule has 0 radical (unpaired) electrons. The van der Waals surface area contributed by atoms with Gasteiger partial charge in [-0.15, -0.1) is 0 Å². The quantitative estimate of drug-likeness (QED) is 0.447. The average molecular weight is 486 g/mol. The summed E-state index contributed by atoms with van der Waals surface area (Å²) in [6.45, 7) is 2.99. The van der Waals surface area contributed by atoms with Gasteiger partial charge in [0.25, 0.3) is 0 Å². The van der Waals surface area contributed by atoms with E-state index in [1.165, 1.54) is 0 Å². The van der Waals surface area contributed by atoms with Crippen molar-refractivity contribution in [1.29, 1.82) is 0 Å². The first-order chi connectivity index (χ1) is 15.9. The van der Waals surface area contributed by atoms with Gasteiger partial charge in [-0.05, 0) is 30.3 Å². The van der Waals surface area contributed by atoms with E-state index in [4.69, 9.17) is 9.72 Å². The van der Waals surface area contributed by atoms with Crippen molar-refractivity contribution in [2.24, 2.45) is 0 Å². The molecule has 0 bridgehead atoms. The fourth-order valence-electron chi connectivity index (χ4n) is 3.87. The molecule has 2 aromatic carbocycles. The molecule has 0 spiro atoms. The smallest absolute Gasteiger partial charge is 0.244 e. The molecule has 0 saturated carbocycles. The van der Waals surface area contributed by atoms with Crippen molar-refractivity contribution >= 4 is 59.2 Å². The number of benzene rings is 2. The Bertz CT molecular complexity index is 1440. The average Bonchev–Trinajstić information content (AvgIpc) is 3.34. The van der Waals surface area contributed by atoms with Crippen LogP contribution >= 0.6 is 11.3 Å². The number of nitrogens with zero attached hydrogens (tertiary/aromatic N) is 4. The Balaban J connectivity index is 1.37. The van der Waals surface area contributed by atoms with Crippen molar-refractivity contribution in [3.63, 3.8) is 0 Å². The fourth-order valence-corrected chi connectivity index (χ4v) is 5.62. The lowest BCUT2D eigenvalue weighted by Gasteiger charge is -2.25. The summed E-state index contributed by atoms with van der Waals surface area (Å²) in [7, 11) is -3.31. The van der Waals surface area contributed by atoms with Crippen LogP contribution in [0.5, 0.6) is 0 Å². The molecule has 0 aliphatic carbocycles. The summed E-state index contributed by atoms with van der Waals surface area (Å²) in [5, 5.41) is 3.88. The Hall–Kier alpha value is -3.02. The Morgan fingerprint density at radius 2 is 1.91 bits per heavy atom. The number of morpholine rings is 1. The summed E-state index contributed by atoms with van der Waals surface area (Å²) in [6, 6.07) is 12.9. The minimum atomic E-state index is -3.31. The van der Waals surface area contributed by atoms with Crippen LogP contribution in [0, 0.1) is 0 Å². The number of aromatic nitrogens is 3. The van der Waals surface area contributed by atoms with Crippen LogP contribution in [0.15, 0.2) is 42.5 Å². The normalized spacial score (nSPS) is 14.8. The summed E-state index contributed by atoms with van der Waals surface area (Å²) in [5.74, 6) is -0.140. The van der Waals surface area contributed by atoms with Crippen molar-refractivity contribution < 1.29 is 17.9 Å². The standard InChI is InChI=1S/C22H23N5O4S2/c1-33(29,30)14-20-24-16-4-2-3-5-18(16)27(20)13-21(28)23-15-6-7-17-19(12-15)32-22(25-17)26-8-10-31-11-9-26/h2-7,12H,8-11,13-14H2,1H3,(H,23,28). The monoisotopic (exact) mass is 485 g/mol. The number of ether oxygens (including phenoxy) is 1. The second-order valence-corrected chi connectivity index (χ2v) is 11.1. The van der Waals surface area contributed by atoms with Crippen molar-refractivity contribution in [3.05, 3.63) is 48.3 Å². The van der Waals surface area contributed by atoms with Gasteiger partial charge in [-0.3, -0.25) is 4.79 Å². The van der Waals surface area contributed by atoms with Crippen LogP contribution in [0.4, 0.5) is 10.8 Å². The molecule has 1 fully saturated rings. The van der Waals surface area contributed by atoms with Crippen LogP contribution in [0.1, 0.15) is 5.82 Å². The van der Waals surface area contributed by atoms with Gasteiger partial charge >= 0.3 is 0 Å². The number of nitrogens with one attached hydrogen (secondary N) is 1. The zero-order valence-corrected chi connectivity index (χ0v) is 19.7. The molecule has 3 heterocycles. The lowest BCUT2D eigenvalue weighted by molar-refractivity contribution is -0.116. The molecule has 1 N–H and O–H groups in total. The predicted molar refractivity (Wildman–Crippen MR) is 130 cm³/mol. The van der Waals surface area contributed by atoms with Gasteiger partial charge in [0.05, 0.1) is 34.5 Å². The summed E-state index contributed by atoms with van der Waals surface area (Å²) in [6.07, 6.45) is 1.16. The summed E-state index contributed by atoms with van der Waals surface area (Å²) >= 11 is 1.59. The van der Waals surface area contributed by atoms with E-state index in [2.05, 4.69) is 15.2 Å². The summed E-state index contributed by atoms with van der Waals surface area (Å²) < 4.78 is 31.8. The number of amides is 1. The Kier molecular flexibility index (Phi) is 5.77. The highest BCUT2D eigenvalue weighted by molar-refractivity contribution is 7.89. The van der Waals surface area contributed by atoms with Crippen molar-refractivity contribution in [3.8, 4) is 0 Å². The van der Waals surface area contributed by atoms with E-state index < -0.39 is 9.84 Å². The van der Waals surface area contributed by atoms with Gasteiger partial charge in [0.2, 0.25) is 5.91 Å². The van der Waals surface area contributed by atoms with Crippen LogP contribution in [0.2, 0.25) is 0 Å². The highest BCUT2D eigenvalue weighted by Crippen LogP contribution is 2.31. The third-order valence-electron chi connectivity index (χ3n) is 5.37. The number of thiazole rings is 1. The molecule has 1 amide bonds. The van der Waals surface area contributed by atoms with Gasteiger partial charge in [-0.25, -0.2) is 18.4 Å². The minimum absolute atomic E-state index is 0.0366. The second-order valence-electron chi connectivity index (χ2n) is 8.00. The third kappa shape index (κ3) is 4.85. The number of fused-ring (bicyclic) bond motifs is 2. The SMILES string of the molecule is CS(=O)(=O)Cc1nc2ccccc2n1CC(=O)Nc1ccc2nc(N3CCOCC3)sc2c1. The molecule has 1 aliphatic rings. The fraction of sp³-hybridized carbons (Fsp3) is 0.318. The van der Waals surface area contributed by atoms with Crippen LogP contribution in [-0.4, -0.2) is 61.4 Å². The predicted octanol–water partition coefficient (Wildman–Crippen LogP) is 2.67. The van der Waals surface area contributed by atoms with Crippen molar-refractivity contribution in [1.82, 2.24) is 14.5 Å². The van der Waals surface area contributed by atoms with Gasteiger partial charge in [-0.1, -0.05) is 23.5 Å². The van der Waals surface area contributed by atoms with Gasteiger partial charge in [0.15, 0.2) is 15.0 Å². The number of sulfone groups is 1. The van der Waals surface area contributed by atoms with Crippen LogP contribution in [0.3, 0.4) is 0 Å². The first kappa shape index (κ1) is 21.8. The molecule has 0 unspecified atom stereocenters. The molecule has 9 nitrogen and oxygen atoms in total. The molecule has 0 atom stereocenters. The molecule has 172 valence electrons. The summed E-state index contributed by atoms with van der Waals surface area (Å²) in [5.41, 5.74) is 2.93. The van der Waals surface area contributed by atoms with Gasteiger partial charge in [0, 0.05) is 25.0 Å². The van der Waals surface area contributed by atoms with E-state index in [0.717, 1.165) is 40.2 Å². The van der Waals surface area contributed by atoms with Gasteiger partial charge in [0.1, 0.15) is 18.1 Å². The minimum Gasteiger partial charge on any atom is -0.378 e. The van der Waals surface area contributed by atoms with E-state index in [0.29, 0.717) is 30.2 Å². The Morgan fingerprint density at radius 1 is 1.12 bits per heavy atom. The van der Waals surface area contributed by atoms with Crippen molar-refractivity contribution in [2.45, 2.75) is 12.3 Å². The lowest BCUT2D eigenvalue weighted by atomic mass is 10.3. The van der Waals surface area contributed by atoms with Gasteiger partial charge in [-0.2, -0.15) is 0 Å². The van der Waals surface area contributed by atoms with E-state index in [9.17, 15) is 13.2 Å². The Labute approximate surface area is 194 Å². The molecule has 1 saturated heterocycles. The summed E-state index contributed by atoms with van der Waals surface area (Å²) in [4.78, 5) is 24.2. The van der Waals surface area contributed by atoms with Crippen LogP contribution in [0.25, 0.3) is 21.3 Å². The van der Waals surface area contributed by atoms with Crippen LogP contribution < -0.4 is 10.2 Å². The topological polar surface area (TPSA) is 106 Å². The van der Waals surface area contributed by atoms with E-state index in [-0.39, 0.29) is 18.2 Å². The van der Waals surface area contributed by atoms with Crippen LogP contribution in [-0.2, 0) is 31.7 Å². The molecule has 11 heteroatoms. The number of hydrogen-bond donors (Lipinski definition) is 1. The Morgan fingerprint density at radius 3 is 2.70 bits per heavy atom. The zero-order valence-electron chi connectivity index (χ0n) is 18.0. The first-order valence-electron chi connectivity index (χ1n) is 10.5. The highest BCUT2D eigenvalue weighted by atomic mass is 32.2. The molecular formula is C22H23N5O4S2. The number of rotatable bonds is 6. The third-order valence-corrected chi connectivity index (χ3v) is 7.23. The molecule has 5 rings (SSSR count). The first-order valence-corrected chi connectivity index (χ1v) is 13.4. The number of anilines is 2. The number of carbonyl (C=O) groups is 1. The number of carbonyl (C=O) groups excluding carboxylic acids is 1.